The normalized spacial score (nSPS) is 11.8. The van der Waals surface area contributed by atoms with Gasteiger partial charge in [0.15, 0.2) is 16.7 Å². The lowest BCUT2D eigenvalue weighted by atomic mass is 10.1. The van der Waals surface area contributed by atoms with Crippen LogP contribution in [-0.4, -0.2) is 33.3 Å². The summed E-state index contributed by atoms with van der Waals surface area (Å²) >= 11 is 8.30. The largest absolute Gasteiger partial charge is 0.493 e. The number of nitro groups is 1. The van der Waals surface area contributed by atoms with E-state index < -0.39 is 5.25 Å². The molecule has 0 aliphatic carbocycles. The van der Waals surface area contributed by atoms with Gasteiger partial charge in [0, 0.05) is 15.1 Å². The first kappa shape index (κ1) is 27.2. The zero-order chi connectivity index (χ0) is 26.5. The molecule has 4 rings (SSSR count). The van der Waals surface area contributed by atoms with Crippen LogP contribution in [0.5, 0.6) is 11.5 Å². The number of hydrogen-bond donors (Lipinski definition) is 0. The standard InChI is InChI=1S/C26H24Br2N4O4S/c1-16-4-10-21(11-5-16)32-17(2)29-30-26(32)37-24(14-31(33)34)19-12-22(28)25(23(13-19)35-3)36-15-18-6-8-20(27)9-7-18/h4-13,24H,14-15H2,1-3H3/t24-/m1/s1. The molecule has 0 aliphatic heterocycles. The highest BCUT2D eigenvalue weighted by molar-refractivity contribution is 9.10. The van der Waals surface area contributed by atoms with Gasteiger partial charge < -0.3 is 9.47 Å². The molecule has 0 saturated carbocycles. The average molecular weight is 648 g/mol. The predicted molar refractivity (Wildman–Crippen MR) is 150 cm³/mol. The number of aryl methyl sites for hydroxylation is 2. The Morgan fingerprint density at radius 1 is 1.05 bits per heavy atom. The van der Waals surface area contributed by atoms with Gasteiger partial charge in [0.05, 0.1) is 11.6 Å². The van der Waals surface area contributed by atoms with Crippen LogP contribution in [0.15, 0.2) is 74.8 Å². The minimum Gasteiger partial charge on any atom is -0.493 e. The minimum atomic E-state index is -0.548. The van der Waals surface area contributed by atoms with Crippen LogP contribution in [-0.2, 0) is 6.61 Å². The van der Waals surface area contributed by atoms with Gasteiger partial charge in [0.2, 0.25) is 6.54 Å². The zero-order valence-electron chi connectivity index (χ0n) is 20.4. The van der Waals surface area contributed by atoms with Crippen LogP contribution >= 0.6 is 43.6 Å². The van der Waals surface area contributed by atoms with Crippen molar-refractivity contribution < 1.29 is 14.4 Å². The van der Waals surface area contributed by atoms with Gasteiger partial charge in [-0.2, -0.15) is 0 Å². The molecular formula is C26H24Br2N4O4S. The van der Waals surface area contributed by atoms with Crippen LogP contribution in [0.25, 0.3) is 5.69 Å². The molecule has 0 N–H and O–H groups in total. The maximum atomic E-state index is 11.6. The van der Waals surface area contributed by atoms with Gasteiger partial charge in [-0.3, -0.25) is 14.7 Å². The summed E-state index contributed by atoms with van der Waals surface area (Å²) in [4.78, 5) is 11.3. The molecule has 0 fully saturated rings. The van der Waals surface area contributed by atoms with Gasteiger partial charge in [0.1, 0.15) is 17.7 Å². The summed E-state index contributed by atoms with van der Waals surface area (Å²) < 4.78 is 15.2. The summed E-state index contributed by atoms with van der Waals surface area (Å²) in [6.07, 6.45) is 0. The summed E-state index contributed by atoms with van der Waals surface area (Å²) in [5, 5.41) is 20.2. The molecule has 0 saturated heterocycles. The third-order valence-electron chi connectivity index (χ3n) is 5.57. The molecule has 4 aromatic rings. The number of halogens is 2. The van der Waals surface area contributed by atoms with E-state index in [1.54, 1.807) is 13.2 Å². The second-order valence-corrected chi connectivity index (χ2v) is 11.2. The number of nitrogens with zero attached hydrogens (tertiary/aromatic N) is 4. The van der Waals surface area contributed by atoms with E-state index in [4.69, 9.17) is 9.47 Å². The Morgan fingerprint density at radius 2 is 1.76 bits per heavy atom. The van der Waals surface area contributed by atoms with Crippen molar-refractivity contribution in [3.63, 3.8) is 0 Å². The maximum Gasteiger partial charge on any atom is 0.220 e. The summed E-state index contributed by atoms with van der Waals surface area (Å²) in [6.45, 7) is 3.91. The number of benzene rings is 3. The highest BCUT2D eigenvalue weighted by Gasteiger charge is 2.26. The molecule has 0 amide bonds. The third-order valence-corrected chi connectivity index (χ3v) is 7.87. The lowest BCUT2D eigenvalue weighted by molar-refractivity contribution is -0.479. The van der Waals surface area contributed by atoms with Crippen molar-refractivity contribution in [3.05, 3.63) is 102 Å². The van der Waals surface area contributed by atoms with Gasteiger partial charge in [-0.25, -0.2) is 0 Å². The van der Waals surface area contributed by atoms with Gasteiger partial charge in [-0.05, 0) is 77.3 Å². The first-order valence-electron chi connectivity index (χ1n) is 11.3. The second kappa shape index (κ2) is 12.1. The molecule has 0 spiro atoms. The van der Waals surface area contributed by atoms with Crippen molar-refractivity contribution >= 4 is 43.6 Å². The average Bonchev–Trinajstić information content (AvgIpc) is 3.23. The fourth-order valence-corrected chi connectivity index (χ4v) is 5.68. The van der Waals surface area contributed by atoms with Crippen LogP contribution < -0.4 is 9.47 Å². The summed E-state index contributed by atoms with van der Waals surface area (Å²) in [7, 11) is 1.55. The monoisotopic (exact) mass is 646 g/mol. The topological polar surface area (TPSA) is 92.3 Å². The predicted octanol–water partition coefficient (Wildman–Crippen LogP) is 7.11. The third kappa shape index (κ3) is 6.71. The van der Waals surface area contributed by atoms with Crippen molar-refractivity contribution in [3.8, 4) is 17.2 Å². The Bertz CT molecular complexity index is 1400. The minimum absolute atomic E-state index is 0.306. The molecule has 1 aromatic heterocycles. The maximum absolute atomic E-state index is 11.6. The van der Waals surface area contributed by atoms with Gasteiger partial charge >= 0.3 is 0 Å². The lowest BCUT2D eigenvalue weighted by Crippen LogP contribution is -2.12. The van der Waals surface area contributed by atoms with E-state index in [1.807, 2.05) is 73.0 Å². The molecule has 1 heterocycles. The fourth-order valence-electron chi connectivity index (χ4n) is 3.69. The van der Waals surface area contributed by atoms with Crippen molar-refractivity contribution in [1.82, 2.24) is 14.8 Å². The Kier molecular flexibility index (Phi) is 8.88. The van der Waals surface area contributed by atoms with E-state index in [9.17, 15) is 10.1 Å². The van der Waals surface area contributed by atoms with Gasteiger partial charge in [0.25, 0.3) is 0 Å². The Morgan fingerprint density at radius 3 is 2.41 bits per heavy atom. The number of methoxy groups -OCH3 is 1. The number of thioether (sulfide) groups is 1. The molecular weight excluding hydrogens is 624 g/mol. The van der Waals surface area contributed by atoms with Crippen molar-refractivity contribution in [1.29, 1.82) is 0 Å². The number of rotatable bonds is 10. The SMILES string of the molecule is COc1cc([C@@H](C[N+](=O)[O-])Sc2nnc(C)n2-c2ccc(C)cc2)cc(Br)c1OCc1ccc(Br)cc1. The summed E-state index contributed by atoms with van der Waals surface area (Å²) in [6, 6.07) is 19.4. The summed E-state index contributed by atoms with van der Waals surface area (Å²) in [5.41, 5.74) is 3.73. The molecule has 11 heteroatoms. The Labute approximate surface area is 235 Å². The zero-order valence-corrected chi connectivity index (χ0v) is 24.3. The van der Waals surface area contributed by atoms with Gasteiger partial charge in [-0.1, -0.05) is 57.5 Å². The first-order chi connectivity index (χ1) is 17.7. The molecule has 0 radical (unpaired) electrons. The van der Waals surface area contributed by atoms with E-state index in [1.165, 1.54) is 11.8 Å². The highest BCUT2D eigenvalue weighted by Crippen LogP contribution is 2.43. The van der Waals surface area contributed by atoms with Crippen molar-refractivity contribution in [2.24, 2.45) is 0 Å². The van der Waals surface area contributed by atoms with E-state index in [0.29, 0.717) is 39.1 Å². The summed E-state index contributed by atoms with van der Waals surface area (Å²) in [5.74, 6) is 1.70. The number of hydrogen-bond acceptors (Lipinski definition) is 7. The fraction of sp³-hybridized carbons (Fsp3) is 0.231. The van der Waals surface area contributed by atoms with Crippen LogP contribution in [0.4, 0.5) is 0 Å². The van der Waals surface area contributed by atoms with Crippen molar-refractivity contribution in [2.45, 2.75) is 30.9 Å². The van der Waals surface area contributed by atoms with Crippen LogP contribution in [0, 0.1) is 24.0 Å². The van der Waals surface area contributed by atoms with Gasteiger partial charge in [-0.15, -0.1) is 10.2 Å². The Hall–Kier alpha value is -2.89. The van der Waals surface area contributed by atoms with E-state index in [0.717, 1.165) is 21.3 Å². The van der Waals surface area contributed by atoms with E-state index >= 15 is 0 Å². The molecule has 0 aliphatic rings. The quantitative estimate of drug-likeness (QED) is 0.103. The molecule has 1 atom stereocenters. The molecule has 3 aromatic carbocycles. The molecule has 0 unspecified atom stereocenters. The Balaban J connectivity index is 1.64. The second-order valence-electron chi connectivity index (χ2n) is 8.27. The molecule has 192 valence electrons. The van der Waals surface area contributed by atoms with E-state index in [-0.39, 0.29) is 11.5 Å². The lowest BCUT2D eigenvalue weighted by Gasteiger charge is -2.18. The van der Waals surface area contributed by atoms with Crippen LogP contribution in [0.3, 0.4) is 0 Å². The molecule has 37 heavy (non-hydrogen) atoms. The van der Waals surface area contributed by atoms with E-state index in [2.05, 4.69) is 42.1 Å². The smallest absolute Gasteiger partial charge is 0.220 e. The molecule has 8 nitrogen and oxygen atoms in total. The van der Waals surface area contributed by atoms with Crippen LogP contribution in [0.2, 0.25) is 0 Å². The van der Waals surface area contributed by atoms with Crippen molar-refractivity contribution in [2.75, 3.05) is 13.7 Å². The number of aromatic nitrogens is 3. The number of ether oxygens (including phenoxy) is 2. The first-order valence-corrected chi connectivity index (χ1v) is 13.7. The van der Waals surface area contributed by atoms with Crippen LogP contribution in [0.1, 0.15) is 27.8 Å². The highest BCUT2D eigenvalue weighted by atomic mass is 79.9. The molecule has 0 bridgehead atoms.